The lowest BCUT2D eigenvalue weighted by Gasteiger charge is -2.39. The van der Waals surface area contributed by atoms with Gasteiger partial charge < -0.3 is 14.2 Å². The highest BCUT2D eigenvalue weighted by Gasteiger charge is 2.48. The van der Waals surface area contributed by atoms with Crippen molar-refractivity contribution in [2.24, 2.45) is 0 Å². The summed E-state index contributed by atoms with van der Waals surface area (Å²) in [6, 6.07) is 7.80. The SMILES string of the molecule is CCOc1cccc(C#CC2=CC3(CCC4(CC3)OCCO4)ON2)c1. The summed E-state index contributed by atoms with van der Waals surface area (Å²) in [7, 11) is 0. The topological polar surface area (TPSA) is 49.0 Å². The van der Waals surface area contributed by atoms with Crippen molar-refractivity contribution in [3.63, 3.8) is 0 Å². The van der Waals surface area contributed by atoms with Gasteiger partial charge in [0.15, 0.2) is 5.79 Å². The average Bonchev–Trinajstić information content (AvgIpc) is 3.25. The van der Waals surface area contributed by atoms with Crippen LogP contribution < -0.4 is 10.2 Å². The maximum atomic E-state index is 5.87. The molecular formula is C20H23NO4. The first-order chi connectivity index (χ1) is 12.2. The summed E-state index contributed by atoms with van der Waals surface area (Å²) in [5.74, 6) is 6.78. The van der Waals surface area contributed by atoms with Gasteiger partial charge in [0.2, 0.25) is 0 Å². The number of rotatable bonds is 2. The third-order valence-electron chi connectivity index (χ3n) is 4.93. The summed E-state index contributed by atoms with van der Waals surface area (Å²) < 4.78 is 17.1. The van der Waals surface area contributed by atoms with Crippen LogP contribution in [0.4, 0.5) is 0 Å². The molecule has 1 aromatic carbocycles. The van der Waals surface area contributed by atoms with Gasteiger partial charge in [-0.3, -0.25) is 10.3 Å². The number of nitrogens with one attached hydrogen (secondary N) is 1. The van der Waals surface area contributed by atoms with Crippen LogP contribution >= 0.6 is 0 Å². The molecular weight excluding hydrogens is 318 g/mol. The summed E-state index contributed by atoms with van der Waals surface area (Å²) in [6.45, 7) is 4.01. The molecule has 1 saturated carbocycles. The van der Waals surface area contributed by atoms with Crippen LogP contribution in [-0.2, 0) is 14.3 Å². The Morgan fingerprint density at radius 1 is 1.12 bits per heavy atom. The molecule has 2 spiro atoms. The van der Waals surface area contributed by atoms with E-state index in [1.54, 1.807) is 0 Å². The lowest BCUT2D eigenvalue weighted by Crippen LogP contribution is -2.43. The van der Waals surface area contributed by atoms with E-state index < -0.39 is 0 Å². The lowest BCUT2D eigenvalue weighted by molar-refractivity contribution is -0.205. The maximum Gasteiger partial charge on any atom is 0.168 e. The number of hydrogen-bond acceptors (Lipinski definition) is 5. The van der Waals surface area contributed by atoms with Crippen LogP contribution in [0.15, 0.2) is 36.0 Å². The van der Waals surface area contributed by atoms with Gasteiger partial charge in [0.25, 0.3) is 0 Å². The fourth-order valence-electron chi connectivity index (χ4n) is 3.60. The number of allylic oxidation sites excluding steroid dienone is 1. The number of hydroxylamine groups is 1. The molecule has 2 fully saturated rings. The smallest absolute Gasteiger partial charge is 0.168 e. The van der Waals surface area contributed by atoms with Gasteiger partial charge >= 0.3 is 0 Å². The van der Waals surface area contributed by atoms with E-state index in [0.717, 1.165) is 42.7 Å². The summed E-state index contributed by atoms with van der Waals surface area (Å²) >= 11 is 0. The van der Waals surface area contributed by atoms with Crippen molar-refractivity contribution in [1.29, 1.82) is 0 Å². The Labute approximate surface area is 148 Å². The minimum Gasteiger partial charge on any atom is -0.494 e. The van der Waals surface area contributed by atoms with Gasteiger partial charge in [0, 0.05) is 18.4 Å². The maximum absolute atomic E-state index is 5.87. The molecule has 25 heavy (non-hydrogen) atoms. The van der Waals surface area contributed by atoms with E-state index in [1.807, 2.05) is 31.2 Å². The van der Waals surface area contributed by atoms with Crippen molar-refractivity contribution in [2.75, 3.05) is 19.8 Å². The third-order valence-corrected chi connectivity index (χ3v) is 4.93. The molecule has 0 amide bonds. The second-order valence-electron chi connectivity index (χ2n) is 6.65. The number of benzene rings is 1. The van der Waals surface area contributed by atoms with Crippen molar-refractivity contribution in [3.8, 4) is 17.6 Å². The Morgan fingerprint density at radius 2 is 1.92 bits per heavy atom. The van der Waals surface area contributed by atoms with Crippen molar-refractivity contribution in [3.05, 3.63) is 41.6 Å². The highest BCUT2D eigenvalue weighted by atomic mass is 16.7. The Morgan fingerprint density at radius 3 is 2.68 bits per heavy atom. The Bertz CT molecular complexity index is 715. The molecule has 1 saturated heterocycles. The van der Waals surface area contributed by atoms with Gasteiger partial charge in [-0.1, -0.05) is 12.0 Å². The summed E-state index contributed by atoms with van der Waals surface area (Å²) in [6.07, 6.45) is 5.54. The van der Waals surface area contributed by atoms with Crippen LogP contribution in [0, 0.1) is 11.8 Å². The first-order valence-corrected chi connectivity index (χ1v) is 8.91. The minimum absolute atomic E-state index is 0.294. The molecule has 0 bridgehead atoms. The second kappa shape index (κ2) is 6.72. The van der Waals surface area contributed by atoms with Crippen molar-refractivity contribution in [1.82, 2.24) is 5.48 Å². The van der Waals surface area contributed by atoms with Crippen LogP contribution in [0.3, 0.4) is 0 Å². The predicted molar refractivity (Wildman–Crippen MR) is 92.6 cm³/mol. The zero-order valence-corrected chi connectivity index (χ0v) is 14.5. The molecule has 132 valence electrons. The highest BCUT2D eigenvalue weighted by Crippen LogP contribution is 2.43. The van der Waals surface area contributed by atoms with Crippen LogP contribution in [0.25, 0.3) is 0 Å². The molecule has 0 unspecified atom stereocenters. The van der Waals surface area contributed by atoms with Crippen molar-refractivity contribution in [2.45, 2.75) is 44.0 Å². The first kappa shape index (κ1) is 16.5. The molecule has 3 aliphatic rings. The molecule has 2 heterocycles. The molecule has 4 rings (SSSR count). The fraction of sp³-hybridized carbons (Fsp3) is 0.500. The molecule has 0 atom stereocenters. The molecule has 5 heteroatoms. The number of ether oxygens (including phenoxy) is 3. The first-order valence-electron chi connectivity index (χ1n) is 8.91. The van der Waals surface area contributed by atoms with Gasteiger partial charge in [0.05, 0.1) is 19.8 Å². The van der Waals surface area contributed by atoms with Crippen LogP contribution in [0.1, 0.15) is 38.2 Å². The van der Waals surface area contributed by atoms with E-state index in [2.05, 4.69) is 23.4 Å². The van der Waals surface area contributed by atoms with E-state index >= 15 is 0 Å². The predicted octanol–water partition coefficient (Wildman–Crippen LogP) is 2.91. The molecule has 5 nitrogen and oxygen atoms in total. The summed E-state index contributed by atoms with van der Waals surface area (Å²) in [5.41, 5.74) is 4.42. The van der Waals surface area contributed by atoms with Gasteiger partial charge in [-0.25, -0.2) is 0 Å². The third kappa shape index (κ3) is 3.52. The van der Waals surface area contributed by atoms with Crippen LogP contribution in [0.5, 0.6) is 5.75 Å². The summed E-state index contributed by atoms with van der Waals surface area (Å²) in [5, 5.41) is 0. The lowest BCUT2D eigenvalue weighted by atomic mass is 9.81. The van der Waals surface area contributed by atoms with E-state index in [0.29, 0.717) is 19.8 Å². The zero-order chi connectivity index (χ0) is 17.2. The van der Waals surface area contributed by atoms with E-state index in [4.69, 9.17) is 19.0 Å². The largest absolute Gasteiger partial charge is 0.494 e. The Kier molecular flexibility index (Phi) is 4.43. The molecule has 1 N–H and O–H groups in total. The van der Waals surface area contributed by atoms with Gasteiger partial charge in [-0.15, -0.1) is 0 Å². The average molecular weight is 341 g/mol. The highest BCUT2D eigenvalue weighted by molar-refractivity contribution is 5.44. The van der Waals surface area contributed by atoms with E-state index in [-0.39, 0.29) is 11.4 Å². The molecule has 0 radical (unpaired) electrons. The fourth-order valence-corrected chi connectivity index (χ4v) is 3.60. The van der Waals surface area contributed by atoms with Gasteiger partial charge in [0.1, 0.15) is 17.0 Å². The van der Waals surface area contributed by atoms with Crippen LogP contribution in [-0.4, -0.2) is 31.2 Å². The Balaban J connectivity index is 1.43. The van der Waals surface area contributed by atoms with Crippen LogP contribution in [0.2, 0.25) is 0 Å². The number of hydrogen-bond donors (Lipinski definition) is 1. The van der Waals surface area contributed by atoms with Gasteiger partial charge in [-0.2, -0.15) is 0 Å². The molecule has 0 aromatic heterocycles. The van der Waals surface area contributed by atoms with Crippen molar-refractivity contribution >= 4 is 0 Å². The standard InChI is InChI=1S/C20H23NO4/c1-2-22-18-5-3-4-16(14-18)6-7-17-15-19(25-21-17)8-10-20(11-9-19)23-12-13-24-20/h3-5,14-15,21H,2,8-13H2,1H3. The van der Waals surface area contributed by atoms with Gasteiger partial charge in [-0.05, 0) is 50.0 Å². The van der Waals surface area contributed by atoms with E-state index in [1.165, 1.54) is 0 Å². The molecule has 1 aliphatic carbocycles. The summed E-state index contributed by atoms with van der Waals surface area (Å²) in [4.78, 5) is 5.87. The minimum atomic E-state index is -0.378. The van der Waals surface area contributed by atoms with Crippen molar-refractivity contribution < 1.29 is 19.0 Å². The monoisotopic (exact) mass is 341 g/mol. The molecule has 2 aliphatic heterocycles. The molecule has 1 aromatic rings. The normalized spacial score (nSPS) is 23.0. The quantitative estimate of drug-likeness (QED) is 0.838. The second-order valence-corrected chi connectivity index (χ2v) is 6.65. The Hall–Kier alpha value is -2.00. The zero-order valence-electron chi connectivity index (χ0n) is 14.5. The van der Waals surface area contributed by atoms with E-state index in [9.17, 15) is 0 Å².